The Morgan fingerprint density at radius 2 is 1.55 bits per heavy atom. The third-order valence-electron chi connectivity index (χ3n) is 9.76. The maximum atomic E-state index is 9.40. The number of hydrogen-bond donors (Lipinski definition) is 0. The Balaban J connectivity index is 1.44. The molecule has 0 spiro atoms. The largest absolute Gasteiger partial charge is 0.497 e. The highest BCUT2D eigenvalue weighted by molar-refractivity contribution is 7.44. The molecule has 1 aliphatic rings. The first kappa shape index (κ1) is 42.6. The molecule has 14 nitrogen and oxygen atoms in total. The molecule has 3 heterocycles. The average Bonchev–Trinajstić information content (AvgIpc) is 3.85. The number of aromatic nitrogens is 4. The van der Waals surface area contributed by atoms with Crippen LogP contribution in [0.2, 0.25) is 0 Å². The summed E-state index contributed by atoms with van der Waals surface area (Å²) in [5, 5.41) is 14.8. The smallest absolute Gasteiger partial charge is 0.259 e. The summed E-state index contributed by atoms with van der Waals surface area (Å²) < 4.78 is 42.9. The molecule has 0 amide bonds. The first-order chi connectivity index (χ1) is 28.1. The molecule has 1 saturated heterocycles. The molecule has 5 aromatic rings. The maximum absolute atomic E-state index is 9.40. The Labute approximate surface area is 342 Å². The minimum absolute atomic E-state index is 0.102. The van der Waals surface area contributed by atoms with Gasteiger partial charge in [0.25, 0.3) is 8.53 Å². The van der Waals surface area contributed by atoms with E-state index in [4.69, 9.17) is 33.1 Å². The zero-order chi connectivity index (χ0) is 41.2. The van der Waals surface area contributed by atoms with Gasteiger partial charge in [0.1, 0.15) is 29.5 Å². The maximum Gasteiger partial charge on any atom is 0.259 e. The van der Waals surface area contributed by atoms with Crippen LogP contribution in [0.15, 0.2) is 96.4 Å². The minimum Gasteiger partial charge on any atom is -0.497 e. The fourth-order valence-electron chi connectivity index (χ4n) is 7.14. The van der Waals surface area contributed by atoms with E-state index in [-0.39, 0.29) is 31.7 Å². The fraction of sp³-hybridized carbons (Fsp3) is 0.419. The molecule has 15 heteroatoms. The number of rotatable bonds is 19. The number of benzene rings is 3. The van der Waals surface area contributed by atoms with Crippen molar-refractivity contribution in [3.8, 4) is 17.6 Å². The third-order valence-corrected chi connectivity index (χ3v) is 11.9. The predicted molar refractivity (Wildman–Crippen MR) is 224 cm³/mol. The standard InChI is InChI=1S/C43H53N8O6P/c1-30(2)51(31(3)4)58(55-24-12-23-44)57-38-25-40(50-42-37(26-48-50)41(45-28-46-42)47-29-49(5)6)56-39(38)27-54-43(32-13-10-9-11-14-32,33-15-19-35(52-7)20-16-33)34-17-21-36(53-8)22-18-34/h9-11,13-22,26,28-31,38-40H,12,24-25,27H2,1-8H3/t38?,39-,40-,58?/m1/s1. The monoisotopic (exact) mass is 808 g/mol. The summed E-state index contributed by atoms with van der Waals surface area (Å²) in [7, 11) is 5.48. The van der Waals surface area contributed by atoms with Crippen molar-refractivity contribution in [2.75, 3.05) is 41.5 Å². The van der Waals surface area contributed by atoms with Crippen LogP contribution < -0.4 is 9.47 Å². The molecular formula is C43H53N8O6P. The van der Waals surface area contributed by atoms with Crippen molar-refractivity contribution in [3.63, 3.8) is 0 Å². The van der Waals surface area contributed by atoms with E-state index in [2.05, 4.69) is 65.5 Å². The summed E-state index contributed by atoms with van der Waals surface area (Å²) in [5.74, 6) is 1.96. The van der Waals surface area contributed by atoms with Gasteiger partial charge in [0.05, 0.1) is 63.9 Å². The van der Waals surface area contributed by atoms with Crippen molar-refractivity contribution >= 4 is 31.7 Å². The average molecular weight is 809 g/mol. The Kier molecular flexibility index (Phi) is 14.4. The third kappa shape index (κ3) is 9.48. The van der Waals surface area contributed by atoms with Gasteiger partial charge in [0.2, 0.25) is 0 Å². The van der Waals surface area contributed by atoms with Crippen molar-refractivity contribution in [1.29, 1.82) is 5.26 Å². The van der Waals surface area contributed by atoms with Crippen LogP contribution >= 0.6 is 8.53 Å². The van der Waals surface area contributed by atoms with Gasteiger partial charge in [0, 0.05) is 32.6 Å². The second-order valence-electron chi connectivity index (χ2n) is 14.6. The van der Waals surface area contributed by atoms with Crippen LogP contribution in [0.3, 0.4) is 0 Å². The van der Waals surface area contributed by atoms with Crippen LogP contribution in [0, 0.1) is 11.3 Å². The van der Waals surface area contributed by atoms with Gasteiger partial charge in [-0.1, -0.05) is 54.6 Å². The van der Waals surface area contributed by atoms with Crippen LogP contribution in [-0.4, -0.2) is 101 Å². The summed E-state index contributed by atoms with van der Waals surface area (Å²) in [4.78, 5) is 15.4. The van der Waals surface area contributed by atoms with Crippen LogP contribution in [0.1, 0.15) is 63.5 Å². The van der Waals surface area contributed by atoms with Gasteiger partial charge >= 0.3 is 0 Å². The zero-order valence-corrected chi connectivity index (χ0v) is 35.3. The lowest BCUT2D eigenvalue weighted by molar-refractivity contribution is -0.0931. The predicted octanol–water partition coefficient (Wildman–Crippen LogP) is 8.02. The summed E-state index contributed by atoms with van der Waals surface area (Å²) in [5.41, 5.74) is 2.20. The molecule has 1 fully saturated rings. The Bertz CT molecular complexity index is 2070. The lowest BCUT2D eigenvalue weighted by Gasteiger charge is -2.39. The highest BCUT2D eigenvalue weighted by atomic mass is 31.2. The zero-order valence-electron chi connectivity index (χ0n) is 34.4. The topological polar surface area (TPSA) is 142 Å². The van der Waals surface area contributed by atoms with E-state index in [1.807, 2.05) is 85.7 Å². The van der Waals surface area contributed by atoms with Gasteiger partial charge in [-0.3, -0.25) is 0 Å². The number of methoxy groups -OCH3 is 2. The Morgan fingerprint density at radius 1 is 0.931 bits per heavy atom. The van der Waals surface area contributed by atoms with E-state index in [9.17, 15) is 5.26 Å². The molecule has 306 valence electrons. The van der Waals surface area contributed by atoms with Crippen LogP contribution in [0.5, 0.6) is 11.5 Å². The number of ether oxygens (including phenoxy) is 4. The highest BCUT2D eigenvalue weighted by Gasteiger charge is 2.45. The van der Waals surface area contributed by atoms with Crippen LogP contribution in [0.25, 0.3) is 11.0 Å². The van der Waals surface area contributed by atoms with Crippen molar-refractivity contribution in [2.24, 2.45) is 4.99 Å². The van der Waals surface area contributed by atoms with Crippen molar-refractivity contribution in [2.45, 2.75) is 76.7 Å². The minimum atomic E-state index is -1.62. The van der Waals surface area contributed by atoms with Gasteiger partial charge in [-0.05, 0) is 68.7 Å². The van der Waals surface area contributed by atoms with Crippen molar-refractivity contribution in [3.05, 3.63) is 108 Å². The van der Waals surface area contributed by atoms with E-state index >= 15 is 0 Å². The number of nitriles is 1. The molecule has 2 unspecified atom stereocenters. The summed E-state index contributed by atoms with van der Waals surface area (Å²) >= 11 is 0. The quantitative estimate of drug-likeness (QED) is 0.0262. The lowest BCUT2D eigenvalue weighted by atomic mass is 9.80. The molecule has 0 saturated carbocycles. The molecule has 0 radical (unpaired) electrons. The molecule has 58 heavy (non-hydrogen) atoms. The van der Waals surface area contributed by atoms with Gasteiger partial charge < -0.3 is 32.9 Å². The second-order valence-corrected chi connectivity index (χ2v) is 16.0. The van der Waals surface area contributed by atoms with Gasteiger partial charge in [-0.2, -0.15) is 10.4 Å². The van der Waals surface area contributed by atoms with E-state index < -0.39 is 32.6 Å². The molecule has 2 aromatic heterocycles. The fourth-order valence-corrected chi connectivity index (χ4v) is 8.89. The van der Waals surface area contributed by atoms with Crippen molar-refractivity contribution in [1.82, 2.24) is 29.3 Å². The van der Waals surface area contributed by atoms with Crippen molar-refractivity contribution < 1.29 is 28.0 Å². The van der Waals surface area contributed by atoms with Gasteiger partial charge in [-0.15, -0.1) is 0 Å². The first-order valence-corrected chi connectivity index (χ1v) is 20.5. The van der Waals surface area contributed by atoms with Gasteiger partial charge in [-0.25, -0.2) is 24.3 Å². The van der Waals surface area contributed by atoms with E-state index in [0.717, 1.165) is 28.2 Å². The summed E-state index contributed by atoms with van der Waals surface area (Å²) in [6.45, 7) is 8.82. The Hall–Kier alpha value is -5.00. The number of nitrogens with zero attached hydrogens (tertiary/aromatic N) is 8. The molecule has 6 rings (SSSR count). The second kappa shape index (κ2) is 19.6. The molecule has 0 bridgehead atoms. The molecule has 0 aliphatic carbocycles. The van der Waals surface area contributed by atoms with Crippen LogP contribution in [-0.2, 0) is 24.1 Å². The van der Waals surface area contributed by atoms with Crippen LogP contribution in [0.4, 0.5) is 5.82 Å². The molecule has 4 atom stereocenters. The number of aliphatic imine (C=N–C) groups is 1. The van der Waals surface area contributed by atoms with E-state index in [1.54, 1.807) is 31.4 Å². The van der Waals surface area contributed by atoms with Gasteiger partial charge in [0.15, 0.2) is 17.7 Å². The molecule has 3 aromatic carbocycles. The number of hydrogen-bond acceptors (Lipinski definition) is 12. The number of fused-ring (bicyclic) bond motifs is 1. The van der Waals surface area contributed by atoms with E-state index in [1.165, 1.54) is 6.33 Å². The SMILES string of the molecule is COc1ccc(C(OC[C@H]2O[C@@H](n3ncc4c(N=CN(C)C)ncnc43)CC2OP(OCCC#N)N(C(C)C)C(C)C)(c2ccccc2)c2ccc(OC)cc2)cc1. The molecular weight excluding hydrogens is 755 g/mol. The van der Waals surface area contributed by atoms with E-state index in [0.29, 0.717) is 23.3 Å². The lowest BCUT2D eigenvalue weighted by Crippen LogP contribution is -2.39. The molecule has 0 N–H and O–H groups in total. The summed E-state index contributed by atoms with van der Waals surface area (Å²) in [6, 6.07) is 28.4. The Morgan fingerprint density at radius 3 is 2.12 bits per heavy atom. The normalized spacial score (nSPS) is 17.7. The highest BCUT2D eigenvalue weighted by Crippen LogP contribution is 2.51. The summed E-state index contributed by atoms with van der Waals surface area (Å²) in [6.07, 6.45) is 3.86. The first-order valence-electron chi connectivity index (χ1n) is 19.4. The molecule has 1 aliphatic heterocycles.